The predicted molar refractivity (Wildman–Crippen MR) is 67.7 cm³/mol. The first-order chi connectivity index (χ1) is 7.63. The van der Waals surface area contributed by atoms with E-state index in [0.717, 1.165) is 38.7 Å². The molecule has 0 aromatic heterocycles. The molecule has 1 fully saturated rings. The van der Waals surface area contributed by atoms with Crippen LogP contribution in [0.2, 0.25) is 0 Å². The predicted octanol–water partition coefficient (Wildman–Crippen LogP) is 3.93. The summed E-state index contributed by atoms with van der Waals surface area (Å²) in [6, 6.07) is 0. The van der Waals surface area contributed by atoms with E-state index in [1.54, 1.807) is 0 Å². The van der Waals surface area contributed by atoms with Gasteiger partial charge in [-0.1, -0.05) is 34.6 Å². The van der Waals surface area contributed by atoms with Gasteiger partial charge in [0, 0.05) is 0 Å². The summed E-state index contributed by atoms with van der Waals surface area (Å²) in [6.07, 6.45) is 5.50. The van der Waals surface area contributed by atoms with Gasteiger partial charge in [-0.3, -0.25) is 0 Å². The van der Waals surface area contributed by atoms with Crippen molar-refractivity contribution in [1.29, 1.82) is 0 Å². The summed E-state index contributed by atoms with van der Waals surface area (Å²) in [5.74, 6) is 0. The highest BCUT2D eigenvalue weighted by atomic mass is 16.6. The lowest BCUT2D eigenvalue weighted by Crippen LogP contribution is -2.62. The maximum Gasteiger partial charge on any atom is 0.0970 e. The molecule has 2 nitrogen and oxygen atoms in total. The molecule has 0 aromatic rings. The van der Waals surface area contributed by atoms with Gasteiger partial charge in [-0.15, -0.1) is 0 Å². The van der Waals surface area contributed by atoms with Gasteiger partial charge in [-0.2, -0.15) is 0 Å². The Morgan fingerprint density at radius 3 is 1.75 bits per heavy atom. The van der Waals surface area contributed by atoms with Crippen molar-refractivity contribution in [3.05, 3.63) is 0 Å². The number of hydrogen-bond acceptors (Lipinski definition) is 2. The van der Waals surface area contributed by atoms with Gasteiger partial charge in [0.05, 0.1) is 23.9 Å². The Hall–Kier alpha value is -0.0800. The lowest BCUT2D eigenvalue weighted by Gasteiger charge is -2.54. The number of rotatable bonds is 5. The second-order valence-electron chi connectivity index (χ2n) is 4.86. The van der Waals surface area contributed by atoms with Crippen LogP contribution in [-0.2, 0) is 9.47 Å². The van der Waals surface area contributed by atoms with Gasteiger partial charge in [-0.05, 0) is 32.1 Å². The van der Waals surface area contributed by atoms with Crippen molar-refractivity contribution in [2.45, 2.75) is 84.0 Å². The minimum atomic E-state index is -0.0740. The van der Waals surface area contributed by atoms with Gasteiger partial charge < -0.3 is 9.47 Å². The van der Waals surface area contributed by atoms with Crippen molar-refractivity contribution in [2.75, 3.05) is 6.61 Å². The molecule has 0 bridgehead atoms. The maximum absolute atomic E-state index is 6.39. The molecule has 0 N–H and O–H groups in total. The molecule has 1 rings (SSSR count). The summed E-state index contributed by atoms with van der Waals surface area (Å²) < 4.78 is 12.6. The fourth-order valence-corrected chi connectivity index (χ4v) is 3.21. The van der Waals surface area contributed by atoms with Crippen LogP contribution in [0.25, 0.3) is 0 Å². The topological polar surface area (TPSA) is 18.5 Å². The largest absolute Gasteiger partial charge is 0.369 e. The van der Waals surface area contributed by atoms with Crippen LogP contribution in [0.3, 0.4) is 0 Å². The third kappa shape index (κ3) is 2.02. The van der Waals surface area contributed by atoms with E-state index in [4.69, 9.17) is 9.47 Å². The summed E-state index contributed by atoms with van der Waals surface area (Å²) in [4.78, 5) is 0. The summed E-state index contributed by atoms with van der Waals surface area (Å²) in [7, 11) is 0. The average molecular weight is 228 g/mol. The first-order valence-electron chi connectivity index (χ1n) is 6.95. The Morgan fingerprint density at radius 2 is 1.38 bits per heavy atom. The van der Waals surface area contributed by atoms with Crippen LogP contribution >= 0.6 is 0 Å². The quantitative estimate of drug-likeness (QED) is 0.710. The second-order valence-corrected chi connectivity index (χ2v) is 4.86. The molecule has 1 unspecified atom stereocenters. The van der Waals surface area contributed by atoms with E-state index < -0.39 is 0 Å². The lowest BCUT2D eigenvalue weighted by molar-refractivity contribution is -0.293. The van der Waals surface area contributed by atoms with E-state index in [-0.39, 0.29) is 17.3 Å². The van der Waals surface area contributed by atoms with Gasteiger partial charge in [0.1, 0.15) is 0 Å². The molecular formula is C14H28O2. The highest BCUT2D eigenvalue weighted by molar-refractivity contribution is 5.02. The molecule has 16 heavy (non-hydrogen) atoms. The van der Waals surface area contributed by atoms with Gasteiger partial charge in [0.25, 0.3) is 0 Å². The molecular weight excluding hydrogens is 200 g/mol. The minimum Gasteiger partial charge on any atom is -0.369 e. The third-order valence-electron chi connectivity index (χ3n) is 4.51. The Morgan fingerprint density at radius 1 is 0.875 bits per heavy atom. The van der Waals surface area contributed by atoms with E-state index in [2.05, 4.69) is 34.6 Å². The molecule has 1 saturated heterocycles. The van der Waals surface area contributed by atoms with Gasteiger partial charge >= 0.3 is 0 Å². The van der Waals surface area contributed by atoms with Crippen molar-refractivity contribution in [3.63, 3.8) is 0 Å². The Balaban J connectivity index is 2.99. The fourth-order valence-electron chi connectivity index (χ4n) is 3.21. The zero-order chi connectivity index (χ0) is 12.2. The van der Waals surface area contributed by atoms with Crippen LogP contribution in [0.15, 0.2) is 0 Å². The standard InChI is InChI=1S/C14H28O2/c1-6-12-11-15-13(7-2,8-3)14(9-4,10-5)16-12/h12H,6-11H2,1-5H3. The summed E-state index contributed by atoms with van der Waals surface area (Å²) in [5.41, 5.74) is -0.141. The van der Waals surface area contributed by atoms with Crippen molar-refractivity contribution in [2.24, 2.45) is 0 Å². The maximum atomic E-state index is 6.39. The zero-order valence-electron chi connectivity index (χ0n) is 11.6. The molecule has 1 atom stereocenters. The molecule has 2 heteroatoms. The normalized spacial score (nSPS) is 27.9. The highest BCUT2D eigenvalue weighted by Gasteiger charge is 2.52. The van der Waals surface area contributed by atoms with Crippen LogP contribution in [-0.4, -0.2) is 23.9 Å². The Labute approximate surface area is 101 Å². The molecule has 96 valence electrons. The summed E-state index contributed by atoms with van der Waals surface area (Å²) in [5, 5.41) is 0. The second kappa shape index (κ2) is 5.50. The van der Waals surface area contributed by atoms with Crippen molar-refractivity contribution in [1.82, 2.24) is 0 Å². The SMILES string of the molecule is CCC1COC(CC)(CC)C(CC)(CC)O1. The van der Waals surface area contributed by atoms with E-state index in [0.29, 0.717) is 0 Å². The van der Waals surface area contributed by atoms with E-state index in [1.807, 2.05) is 0 Å². The minimum absolute atomic E-state index is 0.0673. The van der Waals surface area contributed by atoms with Gasteiger partial charge in [0.15, 0.2) is 0 Å². The van der Waals surface area contributed by atoms with Gasteiger partial charge in [0.2, 0.25) is 0 Å². The number of ether oxygens (including phenoxy) is 2. The summed E-state index contributed by atoms with van der Waals surface area (Å²) in [6.45, 7) is 11.8. The Kier molecular flexibility index (Phi) is 4.81. The van der Waals surface area contributed by atoms with Crippen LogP contribution in [0, 0.1) is 0 Å². The molecule has 1 heterocycles. The van der Waals surface area contributed by atoms with Crippen molar-refractivity contribution in [3.8, 4) is 0 Å². The fraction of sp³-hybridized carbons (Fsp3) is 1.00. The third-order valence-corrected chi connectivity index (χ3v) is 4.51. The van der Waals surface area contributed by atoms with Crippen LogP contribution < -0.4 is 0 Å². The van der Waals surface area contributed by atoms with Gasteiger partial charge in [-0.25, -0.2) is 0 Å². The molecule has 0 radical (unpaired) electrons. The van der Waals surface area contributed by atoms with E-state index in [9.17, 15) is 0 Å². The van der Waals surface area contributed by atoms with Crippen LogP contribution in [0.4, 0.5) is 0 Å². The first-order valence-corrected chi connectivity index (χ1v) is 6.95. The van der Waals surface area contributed by atoms with Crippen LogP contribution in [0.1, 0.15) is 66.7 Å². The number of hydrogen-bond donors (Lipinski definition) is 0. The summed E-state index contributed by atoms with van der Waals surface area (Å²) >= 11 is 0. The van der Waals surface area contributed by atoms with Crippen molar-refractivity contribution >= 4 is 0 Å². The smallest absolute Gasteiger partial charge is 0.0970 e. The first kappa shape index (κ1) is 14.0. The molecule has 1 aliphatic rings. The van der Waals surface area contributed by atoms with Crippen LogP contribution in [0.5, 0.6) is 0 Å². The molecule has 0 amide bonds. The average Bonchev–Trinajstić information content (AvgIpc) is 2.37. The monoisotopic (exact) mass is 228 g/mol. The van der Waals surface area contributed by atoms with Crippen molar-refractivity contribution < 1.29 is 9.47 Å². The molecule has 0 aliphatic carbocycles. The molecule has 0 spiro atoms. The molecule has 1 aliphatic heterocycles. The molecule has 0 saturated carbocycles. The van der Waals surface area contributed by atoms with E-state index >= 15 is 0 Å². The van der Waals surface area contributed by atoms with E-state index in [1.165, 1.54) is 0 Å². The zero-order valence-corrected chi connectivity index (χ0v) is 11.6. The molecule has 0 aromatic carbocycles. The Bertz CT molecular complexity index is 205. The lowest BCUT2D eigenvalue weighted by atomic mass is 9.73. The highest BCUT2D eigenvalue weighted by Crippen LogP contribution is 2.45.